The van der Waals surface area contributed by atoms with Gasteiger partial charge in [-0.15, -0.1) is 0 Å². The maximum atomic E-state index is 12.5. The highest BCUT2D eigenvalue weighted by Gasteiger charge is 2.30. The Hall–Kier alpha value is -2.95. The first-order chi connectivity index (χ1) is 13.4. The zero-order valence-corrected chi connectivity index (χ0v) is 16.3. The first-order valence-corrected chi connectivity index (χ1v) is 9.70. The van der Waals surface area contributed by atoms with E-state index in [0.717, 1.165) is 5.56 Å². The van der Waals surface area contributed by atoms with E-state index in [1.807, 2.05) is 30.3 Å². The second-order valence-electron chi connectivity index (χ2n) is 7.69. The molecule has 3 amide bonds. The highest BCUT2D eigenvalue weighted by Crippen LogP contribution is 2.23. The molecule has 0 aliphatic carbocycles. The SMILES string of the molecule is CC(C)C(CNC(=O)c1ccc(CC2CC(=O)NC2=O)cc1)c1ccccc1. The third-order valence-corrected chi connectivity index (χ3v) is 5.28. The lowest BCUT2D eigenvalue weighted by molar-refractivity contribution is -0.125. The summed E-state index contributed by atoms with van der Waals surface area (Å²) in [6.07, 6.45) is 0.736. The Morgan fingerprint density at radius 2 is 1.75 bits per heavy atom. The van der Waals surface area contributed by atoms with Gasteiger partial charge in [0.2, 0.25) is 11.8 Å². The van der Waals surface area contributed by atoms with Crippen LogP contribution >= 0.6 is 0 Å². The van der Waals surface area contributed by atoms with E-state index < -0.39 is 0 Å². The van der Waals surface area contributed by atoms with E-state index in [1.165, 1.54) is 5.56 Å². The predicted octanol–water partition coefficient (Wildman–Crippen LogP) is 3.06. The molecule has 2 aromatic carbocycles. The molecule has 0 radical (unpaired) electrons. The van der Waals surface area contributed by atoms with E-state index in [2.05, 4.69) is 36.6 Å². The van der Waals surface area contributed by atoms with Crippen molar-refractivity contribution in [3.63, 3.8) is 0 Å². The summed E-state index contributed by atoms with van der Waals surface area (Å²) in [6.45, 7) is 4.89. The van der Waals surface area contributed by atoms with Crippen molar-refractivity contribution in [3.05, 3.63) is 71.3 Å². The Bertz CT molecular complexity index is 844. The van der Waals surface area contributed by atoms with Crippen molar-refractivity contribution in [2.75, 3.05) is 6.54 Å². The standard InChI is InChI=1S/C23H26N2O3/c1-15(2)20(17-6-4-3-5-7-17)14-24-22(27)18-10-8-16(9-11-18)12-19-13-21(26)25-23(19)28/h3-11,15,19-20H,12-14H2,1-2H3,(H,24,27)(H,25,26,28). The van der Waals surface area contributed by atoms with Crippen LogP contribution in [0.15, 0.2) is 54.6 Å². The summed E-state index contributed by atoms with van der Waals surface area (Å²) in [5.74, 6) is -0.198. The number of carbonyl (C=O) groups is 3. The Morgan fingerprint density at radius 3 is 2.32 bits per heavy atom. The molecule has 0 spiro atoms. The Balaban J connectivity index is 1.58. The highest BCUT2D eigenvalue weighted by atomic mass is 16.2. The number of hydrogen-bond acceptors (Lipinski definition) is 3. The molecule has 1 aliphatic rings. The first kappa shape index (κ1) is 19.8. The number of amides is 3. The average molecular weight is 378 g/mol. The Kier molecular flexibility index (Phi) is 6.24. The van der Waals surface area contributed by atoms with Gasteiger partial charge in [-0.05, 0) is 35.6 Å². The average Bonchev–Trinajstić information content (AvgIpc) is 3.00. The number of benzene rings is 2. The van der Waals surface area contributed by atoms with Crippen molar-refractivity contribution in [2.45, 2.75) is 32.6 Å². The van der Waals surface area contributed by atoms with E-state index in [0.29, 0.717) is 24.4 Å². The molecule has 5 nitrogen and oxygen atoms in total. The van der Waals surface area contributed by atoms with E-state index in [4.69, 9.17) is 0 Å². The van der Waals surface area contributed by atoms with Gasteiger partial charge in [-0.3, -0.25) is 19.7 Å². The molecule has 1 aliphatic heterocycles. The fourth-order valence-electron chi connectivity index (χ4n) is 3.59. The number of nitrogens with one attached hydrogen (secondary N) is 2. The molecule has 0 bridgehead atoms. The number of carbonyl (C=O) groups excluding carboxylic acids is 3. The van der Waals surface area contributed by atoms with Gasteiger partial charge in [-0.1, -0.05) is 56.3 Å². The van der Waals surface area contributed by atoms with Gasteiger partial charge in [0.25, 0.3) is 5.91 Å². The lowest BCUT2D eigenvalue weighted by atomic mass is 9.88. The van der Waals surface area contributed by atoms with Crippen molar-refractivity contribution in [2.24, 2.45) is 11.8 Å². The summed E-state index contributed by atoms with van der Waals surface area (Å²) in [6, 6.07) is 17.5. The molecule has 1 saturated heterocycles. The van der Waals surface area contributed by atoms with E-state index in [1.54, 1.807) is 12.1 Å². The van der Waals surface area contributed by atoms with Crippen LogP contribution < -0.4 is 10.6 Å². The lowest BCUT2D eigenvalue weighted by Crippen LogP contribution is -2.30. The van der Waals surface area contributed by atoms with E-state index in [9.17, 15) is 14.4 Å². The molecule has 1 fully saturated rings. The minimum absolute atomic E-state index is 0.109. The number of hydrogen-bond donors (Lipinski definition) is 2. The molecule has 2 N–H and O–H groups in total. The van der Waals surface area contributed by atoms with Gasteiger partial charge in [0.15, 0.2) is 0 Å². The van der Waals surface area contributed by atoms with Crippen molar-refractivity contribution in [1.29, 1.82) is 0 Å². The van der Waals surface area contributed by atoms with Crippen LogP contribution in [-0.4, -0.2) is 24.3 Å². The largest absolute Gasteiger partial charge is 0.351 e. The van der Waals surface area contributed by atoms with Gasteiger partial charge in [0.05, 0.1) is 5.92 Å². The van der Waals surface area contributed by atoms with Crippen LogP contribution in [0.3, 0.4) is 0 Å². The summed E-state index contributed by atoms with van der Waals surface area (Å²) in [5, 5.41) is 5.36. The maximum absolute atomic E-state index is 12.5. The third-order valence-electron chi connectivity index (χ3n) is 5.28. The Morgan fingerprint density at radius 1 is 1.07 bits per heavy atom. The normalized spacial score (nSPS) is 17.5. The quantitative estimate of drug-likeness (QED) is 0.727. The van der Waals surface area contributed by atoms with Crippen LogP contribution in [0.2, 0.25) is 0 Å². The summed E-state index contributed by atoms with van der Waals surface area (Å²) in [7, 11) is 0. The molecule has 2 unspecified atom stereocenters. The highest BCUT2D eigenvalue weighted by molar-refractivity contribution is 6.03. The zero-order valence-electron chi connectivity index (χ0n) is 16.3. The molecule has 1 heterocycles. The lowest BCUT2D eigenvalue weighted by Gasteiger charge is -2.22. The third kappa shape index (κ3) is 4.85. The maximum Gasteiger partial charge on any atom is 0.251 e. The van der Waals surface area contributed by atoms with Crippen molar-refractivity contribution in [1.82, 2.24) is 10.6 Å². The summed E-state index contributed by atoms with van der Waals surface area (Å²) in [4.78, 5) is 35.5. The summed E-state index contributed by atoms with van der Waals surface area (Å²) >= 11 is 0. The van der Waals surface area contributed by atoms with Gasteiger partial charge in [-0.25, -0.2) is 0 Å². The first-order valence-electron chi connectivity index (χ1n) is 9.70. The van der Waals surface area contributed by atoms with Crippen molar-refractivity contribution >= 4 is 17.7 Å². The van der Waals surface area contributed by atoms with Gasteiger partial charge in [-0.2, -0.15) is 0 Å². The van der Waals surface area contributed by atoms with E-state index in [-0.39, 0.29) is 36.0 Å². The predicted molar refractivity (Wildman–Crippen MR) is 108 cm³/mol. The fraction of sp³-hybridized carbons (Fsp3) is 0.348. The Labute approximate surface area is 165 Å². The zero-order chi connectivity index (χ0) is 20.1. The number of rotatable bonds is 7. The van der Waals surface area contributed by atoms with Crippen molar-refractivity contribution < 1.29 is 14.4 Å². The van der Waals surface area contributed by atoms with Crippen LogP contribution in [-0.2, 0) is 16.0 Å². The van der Waals surface area contributed by atoms with Crippen LogP contribution in [0, 0.1) is 11.8 Å². The molecule has 28 heavy (non-hydrogen) atoms. The molecule has 2 aromatic rings. The second-order valence-corrected chi connectivity index (χ2v) is 7.69. The molecule has 3 rings (SSSR count). The van der Waals surface area contributed by atoms with Crippen LogP contribution in [0.5, 0.6) is 0 Å². The van der Waals surface area contributed by atoms with Crippen LogP contribution in [0.25, 0.3) is 0 Å². The van der Waals surface area contributed by atoms with Crippen LogP contribution in [0.1, 0.15) is 47.7 Å². The van der Waals surface area contributed by atoms with Gasteiger partial charge in [0, 0.05) is 24.4 Å². The minimum Gasteiger partial charge on any atom is -0.351 e. The fourth-order valence-corrected chi connectivity index (χ4v) is 3.59. The summed E-state index contributed by atoms with van der Waals surface area (Å²) in [5.41, 5.74) is 2.75. The number of imide groups is 1. The summed E-state index contributed by atoms with van der Waals surface area (Å²) < 4.78 is 0. The molecular weight excluding hydrogens is 352 g/mol. The van der Waals surface area contributed by atoms with Crippen LogP contribution in [0.4, 0.5) is 0 Å². The van der Waals surface area contributed by atoms with E-state index >= 15 is 0 Å². The van der Waals surface area contributed by atoms with Gasteiger partial charge in [0.1, 0.15) is 0 Å². The van der Waals surface area contributed by atoms with Crippen molar-refractivity contribution in [3.8, 4) is 0 Å². The second kappa shape index (κ2) is 8.83. The molecular formula is C23H26N2O3. The monoisotopic (exact) mass is 378 g/mol. The molecule has 146 valence electrons. The molecule has 5 heteroatoms. The topological polar surface area (TPSA) is 75.3 Å². The molecule has 0 aromatic heterocycles. The van der Waals surface area contributed by atoms with Gasteiger partial charge < -0.3 is 5.32 Å². The molecule has 2 atom stereocenters. The smallest absolute Gasteiger partial charge is 0.251 e. The minimum atomic E-state index is -0.315. The van der Waals surface area contributed by atoms with Gasteiger partial charge >= 0.3 is 0 Å². The molecule has 0 saturated carbocycles.